The predicted octanol–water partition coefficient (Wildman–Crippen LogP) is 5.08. The third-order valence-corrected chi connectivity index (χ3v) is 6.42. The SMILES string of the molecule is COc1cc(C=C2C(=N)N3N=C(C(C)C)SC3=NC2=O)ccc1OCCOc1ccccc1Cl. The molecular weight excluding hydrogens is 476 g/mol. The van der Waals surface area contributed by atoms with Gasteiger partial charge in [-0.15, -0.1) is 0 Å². The molecule has 0 bridgehead atoms. The summed E-state index contributed by atoms with van der Waals surface area (Å²) in [5.41, 5.74) is 0.824. The number of amidine groups is 2. The summed E-state index contributed by atoms with van der Waals surface area (Å²) >= 11 is 7.41. The van der Waals surface area contributed by atoms with Crippen LogP contribution in [0.4, 0.5) is 0 Å². The van der Waals surface area contributed by atoms with Gasteiger partial charge in [-0.05, 0) is 47.7 Å². The maximum atomic E-state index is 12.6. The van der Waals surface area contributed by atoms with Crippen molar-refractivity contribution in [1.29, 1.82) is 5.41 Å². The Labute approximate surface area is 206 Å². The Kier molecular flexibility index (Phi) is 7.23. The number of benzene rings is 2. The van der Waals surface area contributed by atoms with Crippen LogP contribution in [0.25, 0.3) is 6.08 Å². The van der Waals surface area contributed by atoms with E-state index in [4.69, 9.17) is 31.2 Å². The van der Waals surface area contributed by atoms with E-state index in [1.807, 2.05) is 26.0 Å². The van der Waals surface area contributed by atoms with Gasteiger partial charge < -0.3 is 14.2 Å². The quantitative estimate of drug-likeness (QED) is 0.402. The number of carbonyl (C=O) groups excluding carboxylic acids is 1. The number of hydrazone groups is 1. The van der Waals surface area contributed by atoms with Crippen LogP contribution in [0.3, 0.4) is 0 Å². The number of carbonyl (C=O) groups is 1. The Morgan fingerprint density at radius 1 is 1.12 bits per heavy atom. The summed E-state index contributed by atoms with van der Waals surface area (Å²) in [6.07, 6.45) is 1.60. The number of halogens is 1. The van der Waals surface area contributed by atoms with E-state index in [0.717, 1.165) is 5.04 Å². The summed E-state index contributed by atoms with van der Waals surface area (Å²) in [6.45, 7) is 4.60. The molecule has 0 radical (unpaired) electrons. The molecule has 0 saturated carbocycles. The highest BCUT2D eigenvalue weighted by Crippen LogP contribution is 2.33. The molecule has 1 amide bonds. The van der Waals surface area contributed by atoms with Crippen molar-refractivity contribution in [3.8, 4) is 17.2 Å². The number of aliphatic imine (C=N–C) groups is 1. The molecule has 0 aromatic heterocycles. The van der Waals surface area contributed by atoms with Crippen LogP contribution in [-0.4, -0.2) is 47.3 Å². The third-order valence-electron chi connectivity index (χ3n) is 4.90. The van der Waals surface area contributed by atoms with Crippen LogP contribution in [-0.2, 0) is 4.79 Å². The Morgan fingerprint density at radius 3 is 2.56 bits per heavy atom. The molecule has 0 aliphatic carbocycles. The van der Waals surface area contributed by atoms with Crippen LogP contribution >= 0.6 is 23.4 Å². The van der Waals surface area contributed by atoms with Gasteiger partial charge in [-0.25, -0.2) is 0 Å². The van der Waals surface area contributed by atoms with E-state index in [1.165, 1.54) is 23.9 Å². The van der Waals surface area contributed by atoms with Crippen molar-refractivity contribution in [1.82, 2.24) is 5.01 Å². The van der Waals surface area contributed by atoms with Gasteiger partial charge in [-0.2, -0.15) is 15.1 Å². The highest BCUT2D eigenvalue weighted by molar-refractivity contribution is 8.27. The van der Waals surface area contributed by atoms with E-state index in [2.05, 4.69) is 10.1 Å². The standard InChI is InChI=1S/C24H23ClN4O4S/c1-14(2)23-28-29-21(26)16(22(30)27-24(29)34-23)12-15-8-9-19(20(13-15)31-3)33-11-10-32-18-7-5-4-6-17(18)25/h4-9,12-14,26H,10-11H2,1-3H3. The number of nitrogens with zero attached hydrogens (tertiary/aromatic N) is 3. The lowest BCUT2D eigenvalue weighted by molar-refractivity contribution is -0.114. The van der Waals surface area contributed by atoms with Crippen LogP contribution < -0.4 is 14.2 Å². The number of nitrogens with one attached hydrogen (secondary N) is 1. The summed E-state index contributed by atoms with van der Waals surface area (Å²) in [4.78, 5) is 16.7. The van der Waals surface area contributed by atoms with E-state index in [1.54, 1.807) is 36.4 Å². The van der Waals surface area contributed by atoms with Crippen molar-refractivity contribution in [2.45, 2.75) is 13.8 Å². The van der Waals surface area contributed by atoms with E-state index < -0.39 is 5.91 Å². The van der Waals surface area contributed by atoms with Gasteiger partial charge in [0.05, 0.1) is 17.7 Å². The topological polar surface area (TPSA) is 96.6 Å². The smallest absolute Gasteiger partial charge is 0.283 e. The van der Waals surface area contributed by atoms with Gasteiger partial charge in [-0.3, -0.25) is 10.2 Å². The second-order valence-electron chi connectivity index (χ2n) is 7.65. The lowest BCUT2D eigenvalue weighted by Gasteiger charge is -2.20. The normalized spacial score (nSPS) is 16.5. The predicted molar refractivity (Wildman–Crippen MR) is 135 cm³/mol. The summed E-state index contributed by atoms with van der Waals surface area (Å²) in [7, 11) is 1.54. The van der Waals surface area contributed by atoms with Gasteiger partial charge in [0, 0.05) is 5.92 Å². The van der Waals surface area contributed by atoms with Gasteiger partial charge in [-0.1, -0.05) is 43.6 Å². The van der Waals surface area contributed by atoms with Crippen molar-refractivity contribution in [3.05, 3.63) is 58.6 Å². The van der Waals surface area contributed by atoms with Gasteiger partial charge in [0.25, 0.3) is 5.91 Å². The first-order chi connectivity index (χ1) is 16.4. The first-order valence-corrected chi connectivity index (χ1v) is 11.7. The zero-order valence-electron chi connectivity index (χ0n) is 18.9. The Morgan fingerprint density at radius 2 is 1.85 bits per heavy atom. The number of hydrogen-bond acceptors (Lipinski definition) is 7. The van der Waals surface area contributed by atoms with Gasteiger partial charge in [0.15, 0.2) is 17.3 Å². The maximum absolute atomic E-state index is 12.6. The first-order valence-electron chi connectivity index (χ1n) is 10.6. The molecule has 2 aliphatic rings. The molecule has 0 unspecified atom stereocenters. The Bertz CT molecular complexity index is 1230. The van der Waals surface area contributed by atoms with Gasteiger partial charge in [0.2, 0.25) is 5.17 Å². The van der Waals surface area contributed by atoms with Crippen LogP contribution in [0.1, 0.15) is 19.4 Å². The number of fused-ring (bicyclic) bond motifs is 1. The van der Waals surface area contributed by atoms with E-state index in [0.29, 0.717) is 39.6 Å². The molecule has 176 valence electrons. The second-order valence-corrected chi connectivity index (χ2v) is 9.05. The average molecular weight is 499 g/mol. The molecule has 0 fully saturated rings. The highest BCUT2D eigenvalue weighted by atomic mass is 35.5. The molecule has 8 nitrogen and oxygen atoms in total. The number of ether oxygens (including phenoxy) is 3. The van der Waals surface area contributed by atoms with Gasteiger partial charge >= 0.3 is 0 Å². The Hall–Kier alpha value is -3.30. The zero-order valence-corrected chi connectivity index (χ0v) is 20.4. The van der Waals surface area contributed by atoms with Crippen molar-refractivity contribution >= 4 is 51.4 Å². The fourth-order valence-electron chi connectivity index (χ4n) is 3.17. The molecule has 4 rings (SSSR count). The average Bonchev–Trinajstić information content (AvgIpc) is 3.25. The molecule has 2 aliphatic heterocycles. The molecule has 0 saturated heterocycles. The van der Waals surface area contributed by atoms with E-state index in [-0.39, 0.29) is 23.9 Å². The van der Waals surface area contributed by atoms with Crippen LogP contribution in [0.5, 0.6) is 17.2 Å². The van der Waals surface area contributed by atoms with Crippen molar-refractivity contribution < 1.29 is 19.0 Å². The molecule has 1 N–H and O–H groups in total. The molecular formula is C24H23ClN4O4S. The minimum Gasteiger partial charge on any atom is -0.493 e. The molecule has 34 heavy (non-hydrogen) atoms. The summed E-state index contributed by atoms with van der Waals surface area (Å²) < 4.78 is 16.9. The molecule has 0 spiro atoms. The third kappa shape index (κ3) is 5.10. The van der Waals surface area contributed by atoms with Crippen molar-refractivity contribution in [2.75, 3.05) is 20.3 Å². The van der Waals surface area contributed by atoms with Gasteiger partial charge in [0.1, 0.15) is 24.0 Å². The molecule has 0 atom stereocenters. The first kappa shape index (κ1) is 23.8. The number of para-hydroxylation sites is 1. The van der Waals surface area contributed by atoms with Crippen molar-refractivity contribution in [2.24, 2.45) is 16.0 Å². The Balaban J connectivity index is 1.45. The largest absolute Gasteiger partial charge is 0.493 e. The summed E-state index contributed by atoms with van der Waals surface area (Å²) in [6, 6.07) is 12.5. The molecule has 10 heteroatoms. The lowest BCUT2D eigenvalue weighted by Crippen LogP contribution is -2.35. The van der Waals surface area contributed by atoms with E-state index >= 15 is 0 Å². The lowest BCUT2D eigenvalue weighted by atomic mass is 10.1. The number of amides is 1. The monoisotopic (exact) mass is 498 g/mol. The molecule has 2 aromatic rings. The van der Waals surface area contributed by atoms with E-state index in [9.17, 15) is 4.79 Å². The van der Waals surface area contributed by atoms with Crippen LogP contribution in [0, 0.1) is 11.3 Å². The van der Waals surface area contributed by atoms with Crippen LogP contribution in [0.15, 0.2) is 58.1 Å². The minimum absolute atomic E-state index is 0.00540. The number of thioether (sulfide) groups is 1. The number of hydrogen-bond donors (Lipinski definition) is 1. The zero-order chi connectivity index (χ0) is 24.2. The number of methoxy groups -OCH3 is 1. The highest BCUT2D eigenvalue weighted by Gasteiger charge is 2.36. The fourth-order valence-corrected chi connectivity index (χ4v) is 4.25. The molecule has 2 aromatic carbocycles. The maximum Gasteiger partial charge on any atom is 0.283 e. The summed E-state index contributed by atoms with van der Waals surface area (Å²) in [5, 5.41) is 16.1. The fraction of sp³-hybridized carbons (Fsp3) is 0.250. The van der Waals surface area contributed by atoms with Crippen molar-refractivity contribution in [3.63, 3.8) is 0 Å². The second kappa shape index (κ2) is 10.3. The van der Waals surface area contributed by atoms with Crippen LogP contribution in [0.2, 0.25) is 5.02 Å². The minimum atomic E-state index is -0.472. The number of rotatable bonds is 8. The molecule has 2 heterocycles. The summed E-state index contributed by atoms with van der Waals surface area (Å²) in [5.74, 6) is 1.31.